The fourth-order valence-electron chi connectivity index (χ4n) is 3.13. The van der Waals surface area contributed by atoms with Gasteiger partial charge in [0.2, 0.25) is 0 Å². The maximum Gasteiger partial charge on any atom is 0.164 e. The SMILES string of the molecule is Cc1ccc(C(=O)CCNC2CCCCCC2)c(C)c1. The van der Waals surface area contributed by atoms with Gasteiger partial charge in [-0.15, -0.1) is 0 Å². The Hall–Kier alpha value is -1.15. The lowest BCUT2D eigenvalue weighted by atomic mass is 10.0. The first-order valence-corrected chi connectivity index (χ1v) is 8.00. The van der Waals surface area contributed by atoms with E-state index in [0.29, 0.717) is 12.5 Å². The second-order valence-electron chi connectivity index (χ2n) is 6.13. The summed E-state index contributed by atoms with van der Waals surface area (Å²) in [6.45, 7) is 4.91. The van der Waals surface area contributed by atoms with Crippen molar-refractivity contribution in [1.82, 2.24) is 5.32 Å². The van der Waals surface area contributed by atoms with Gasteiger partial charge in [0, 0.05) is 24.6 Å². The molecule has 1 aliphatic rings. The molecule has 2 heteroatoms. The molecule has 0 bridgehead atoms. The Morgan fingerprint density at radius 2 is 1.85 bits per heavy atom. The molecule has 0 unspecified atom stereocenters. The van der Waals surface area contributed by atoms with Crippen LogP contribution in [0.2, 0.25) is 0 Å². The topological polar surface area (TPSA) is 29.1 Å². The summed E-state index contributed by atoms with van der Waals surface area (Å²) in [5.41, 5.74) is 3.21. The summed E-state index contributed by atoms with van der Waals surface area (Å²) >= 11 is 0. The number of rotatable bonds is 5. The molecule has 20 heavy (non-hydrogen) atoms. The van der Waals surface area contributed by atoms with E-state index in [2.05, 4.69) is 18.3 Å². The molecule has 1 aliphatic carbocycles. The molecule has 2 nitrogen and oxygen atoms in total. The molecule has 1 N–H and O–H groups in total. The number of carbonyl (C=O) groups is 1. The lowest BCUT2D eigenvalue weighted by Crippen LogP contribution is -2.30. The molecule has 0 atom stereocenters. The molecule has 0 saturated heterocycles. The average molecular weight is 273 g/mol. The molecule has 0 radical (unpaired) electrons. The molecule has 0 amide bonds. The van der Waals surface area contributed by atoms with E-state index in [9.17, 15) is 4.79 Å². The number of aryl methyl sites for hydroxylation is 2. The van der Waals surface area contributed by atoms with Gasteiger partial charge in [0.15, 0.2) is 5.78 Å². The van der Waals surface area contributed by atoms with E-state index in [4.69, 9.17) is 0 Å². The number of benzene rings is 1. The van der Waals surface area contributed by atoms with E-state index in [-0.39, 0.29) is 5.78 Å². The molecule has 1 aromatic rings. The Kier molecular flexibility index (Phi) is 5.78. The van der Waals surface area contributed by atoms with Crippen LogP contribution in [0.4, 0.5) is 0 Å². The van der Waals surface area contributed by atoms with Gasteiger partial charge in [-0.05, 0) is 32.3 Å². The van der Waals surface area contributed by atoms with E-state index < -0.39 is 0 Å². The Labute approximate surface area is 123 Å². The highest BCUT2D eigenvalue weighted by Gasteiger charge is 2.13. The third kappa shape index (κ3) is 4.45. The number of hydrogen-bond donors (Lipinski definition) is 1. The summed E-state index contributed by atoms with van der Waals surface area (Å²) in [4.78, 5) is 12.2. The highest BCUT2D eigenvalue weighted by atomic mass is 16.1. The Balaban J connectivity index is 1.79. The summed E-state index contributed by atoms with van der Waals surface area (Å²) in [5.74, 6) is 0.267. The van der Waals surface area contributed by atoms with Crippen molar-refractivity contribution in [3.05, 3.63) is 34.9 Å². The number of ketones is 1. The van der Waals surface area contributed by atoms with Crippen LogP contribution in [0.25, 0.3) is 0 Å². The zero-order valence-corrected chi connectivity index (χ0v) is 12.9. The molecule has 0 aromatic heterocycles. The zero-order chi connectivity index (χ0) is 14.4. The zero-order valence-electron chi connectivity index (χ0n) is 12.9. The van der Waals surface area contributed by atoms with Crippen LogP contribution in [0.1, 0.15) is 66.4 Å². The second kappa shape index (κ2) is 7.58. The predicted octanol–water partition coefficient (Wildman–Crippen LogP) is 4.19. The molecule has 0 heterocycles. The number of carbonyl (C=O) groups excluding carboxylic acids is 1. The third-order valence-electron chi connectivity index (χ3n) is 4.32. The van der Waals surface area contributed by atoms with Gasteiger partial charge in [-0.1, -0.05) is 49.4 Å². The van der Waals surface area contributed by atoms with Gasteiger partial charge >= 0.3 is 0 Å². The summed E-state index contributed by atoms with van der Waals surface area (Å²) in [7, 11) is 0. The molecular weight excluding hydrogens is 246 g/mol. The van der Waals surface area contributed by atoms with Crippen LogP contribution in [-0.4, -0.2) is 18.4 Å². The largest absolute Gasteiger partial charge is 0.314 e. The molecule has 0 spiro atoms. The van der Waals surface area contributed by atoms with Gasteiger partial charge in [0.25, 0.3) is 0 Å². The first-order chi connectivity index (χ1) is 9.66. The van der Waals surface area contributed by atoms with Crippen molar-refractivity contribution in [2.24, 2.45) is 0 Å². The highest BCUT2D eigenvalue weighted by Crippen LogP contribution is 2.17. The van der Waals surface area contributed by atoms with E-state index in [0.717, 1.165) is 17.7 Å². The molecule has 1 aromatic carbocycles. The van der Waals surface area contributed by atoms with Crippen molar-refractivity contribution in [1.29, 1.82) is 0 Å². The average Bonchev–Trinajstić information content (AvgIpc) is 2.67. The van der Waals surface area contributed by atoms with Crippen molar-refractivity contribution in [3.8, 4) is 0 Å². The Morgan fingerprint density at radius 1 is 1.15 bits per heavy atom. The van der Waals surface area contributed by atoms with Crippen molar-refractivity contribution >= 4 is 5.78 Å². The quantitative estimate of drug-likeness (QED) is 0.644. The molecule has 0 aliphatic heterocycles. The normalized spacial score (nSPS) is 16.9. The van der Waals surface area contributed by atoms with Crippen LogP contribution in [0.5, 0.6) is 0 Å². The van der Waals surface area contributed by atoms with E-state index in [1.165, 1.54) is 44.1 Å². The first kappa shape index (κ1) is 15.2. The van der Waals surface area contributed by atoms with Gasteiger partial charge in [0.05, 0.1) is 0 Å². The van der Waals surface area contributed by atoms with Gasteiger partial charge in [-0.2, -0.15) is 0 Å². The number of hydrogen-bond acceptors (Lipinski definition) is 2. The Bertz CT molecular complexity index is 445. The van der Waals surface area contributed by atoms with Gasteiger partial charge in [-0.3, -0.25) is 4.79 Å². The van der Waals surface area contributed by atoms with Crippen LogP contribution < -0.4 is 5.32 Å². The van der Waals surface area contributed by atoms with Crippen LogP contribution >= 0.6 is 0 Å². The van der Waals surface area contributed by atoms with Crippen molar-refractivity contribution in [3.63, 3.8) is 0 Å². The number of Topliss-reactive ketones (excluding diaryl/α,β-unsaturated/α-hetero) is 1. The first-order valence-electron chi connectivity index (χ1n) is 8.00. The summed E-state index contributed by atoms with van der Waals surface area (Å²) < 4.78 is 0. The van der Waals surface area contributed by atoms with Gasteiger partial charge < -0.3 is 5.32 Å². The van der Waals surface area contributed by atoms with Gasteiger partial charge in [0.1, 0.15) is 0 Å². The van der Waals surface area contributed by atoms with Crippen LogP contribution in [0, 0.1) is 13.8 Å². The molecule has 1 saturated carbocycles. The minimum Gasteiger partial charge on any atom is -0.314 e. The monoisotopic (exact) mass is 273 g/mol. The Morgan fingerprint density at radius 3 is 2.50 bits per heavy atom. The molecular formula is C18H27NO. The van der Waals surface area contributed by atoms with E-state index in [1.54, 1.807) is 0 Å². The van der Waals surface area contributed by atoms with E-state index >= 15 is 0 Å². The molecule has 110 valence electrons. The van der Waals surface area contributed by atoms with Crippen LogP contribution in [0.15, 0.2) is 18.2 Å². The van der Waals surface area contributed by atoms with Crippen molar-refractivity contribution < 1.29 is 4.79 Å². The summed E-state index contributed by atoms with van der Waals surface area (Å²) in [6.07, 6.45) is 8.58. The van der Waals surface area contributed by atoms with Gasteiger partial charge in [-0.25, -0.2) is 0 Å². The highest BCUT2D eigenvalue weighted by molar-refractivity contribution is 5.97. The van der Waals surface area contributed by atoms with Crippen molar-refractivity contribution in [2.45, 2.75) is 64.8 Å². The maximum atomic E-state index is 12.2. The molecule has 2 rings (SSSR count). The minimum atomic E-state index is 0.267. The van der Waals surface area contributed by atoms with Crippen molar-refractivity contribution in [2.75, 3.05) is 6.54 Å². The lowest BCUT2D eigenvalue weighted by molar-refractivity contribution is 0.0981. The van der Waals surface area contributed by atoms with Crippen LogP contribution in [0.3, 0.4) is 0 Å². The lowest BCUT2D eigenvalue weighted by Gasteiger charge is -2.16. The third-order valence-corrected chi connectivity index (χ3v) is 4.32. The standard InChI is InChI=1S/C18H27NO/c1-14-9-10-17(15(2)13-14)18(20)11-12-19-16-7-5-3-4-6-8-16/h9-10,13,16,19H,3-8,11-12H2,1-2H3. The fourth-order valence-corrected chi connectivity index (χ4v) is 3.13. The fraction of sp³-hybridized carbons (Fsp3) is 0.611. The molecule has 1 fully saturated rings. The van der Waals surface area contributed by atoms with E-state index in [1.807, 2.05) is 19.1 Å². The van der Waals surface area contributed by atoms with Crippen LogP contribution in [-0.2, 0) is 0 Å². The predicted molar refractivity (Wildman–Crippen MR) is 84.4 cm³/mol. The summed E-state index contributed by atoms with van der Waals surface area (Å²) in [6, 6.07) is 6.72. The second-order valence-corrected chi connectivity index (χ2v) is 6.13. The maximum absolute atomic E-state index is 12.2. The summed E-state index contributed by atoms with van der Waals surface area (Å²) in [5, 5.41) is 3.57. The minimum absolute atomic E-state index is 0.267. The number of nitrogens with one attached hydrogen (secondary N) is 1. The smallest absolute Gasteiger partial charge is 0.164 e.